The third-order valence-electron chi connectivity index (χ3n) is 5.97. The molecule has 6 nitrogen and oxygen atoms in total. The van der Waals surface area contributed by atoms with Crippen molar-refractivity contribution in [3.05, 3.63) is 95.6 Å². The SMILES string of the molecule is O=C(Nc1ccc(F)c(-c2nnc3n2CCCCC3)c1)c1ccccc1COc1ccccc1. The molecule has 7 heteroatoms. The fraction of sp³-hybridized carbons (Fsp3) is 0.222. The topological polar surface area (TPSA) is 69.0 Å². The van der Waals surface area contributed by atoms with Gasteiger partial charge in [0.15, 0.2) is 5.82 Å². The van der Waals surface area contributed by atoms with Crippen LogP contribution in [0.1, 0.15) is 41.0 Å². The molecule has 172 valence electrons. The highest BCUT2D eigenvalue weighted by molar-refractivity contribution is 6.05. The molecule has 0 saturated carbocycles. The van der Waals surface area contributed by atoms with E-state index in [0.29, 0.717) is 22.6 Å². The molecule has 1 N–H and O–H groups in total. The maximum atomic E-state index is 14.8. The summed E-state index contributed by atoms with van der Waals surface area (Å²) in [5.41, 5.74) is 2.08. The number of hydrogen-bond donors (Lipinski definition) is 1. The Bertz CT molecular complexity index is 1300. The van der Waals surface area contributed by atoms with Crippen LogP contribution in [0.15, 0.2) is 72.8 Å². The molecule has 0 aliphatic carbocycles. The average Bonchev–Trinajstić information content (AvgIpc) is 3.12. The zero-order chi connectivity index (χ0) is 23.3. The third-order valence-corrected chi connectivity index (χ3v) is 5.97. The number of nitrogens with one attached hydrogen (secondary N) is 1. The van der Waals surface area contributed by atoms with E-state index in [4.69, 9.17) is 4.74 Å². The average molecular weight is 457 g/mol. The van der Waals surface area contributed by atoms with Crippen molar-refractivity contribution < 1.29 is 13.9 Å². The third kappa shape index (κ3) is 4.69. The summed E-state index contributed by atoms with van der Waals surface area (Å²) in [6.45, 7) is 1.02. The molecular formula is C27H25FN4O2. The van der Waals surface area contributed by atoms with E-state index in [1.165, 1.54) is 6.07 Å². The first kappa shape index (κ1) is 21.8. The Morgan fingerprint density at radius 3 is 2.68 bits per heavy atom. The van der Waals surface area contributed by atoms with Crippen LogP contribution < -0.4 is 10.1 Å². The monoisotopic (exact) mass is 456 g/mol. The van der Waals surface area contributed by atoms with Crippen LogP contribution in [0.2, 0.25) is 0 Å². The largest absolute Gasteiger partial charge is 0.489 e. The molecule has 34 heavy (non-hydrogen) atoms. The van der Waals surface area contributed by atoms with Crippen LogP contribution in [0.4, 0.5) is 10.1 Å². The van der Waals surface area contributed by atoms with Crippen molar-refractivity contribution in [3.8, 4) is 17.1 Å². The second-order valence-corrected chi connectivity index (χ2v) is 8.31. The zero-order valence-corrected chi connectivity index (χ0v) is 18.7. The van der Waals surface area contributed by atoms with Crippen LogP contribution in [0, 0.1) is 5.82 Å². The zero-order valence-electron chi connectivity index (χ0n) is 18.7. The molecule has 3 aromatic carbocycles. The summed E-state index contributed by atoms with van der Waals surface area (Å²) in [4.78, 5) is 13.1. The van der Waals surface area contributed by atoms with E-state index in [9.17, 15) is 9.18 Å². The van der Waals surface area contributed by atoms with Crippen LogP contribution in [0.3, 0.4) is 0 Å². The minimum Gasteiger partial charge on any atom is -0.489 e. The predicted molar refractivity (Wildman–Crippen MR) is 128 cm³/mol. The highest BCUT2D eigenvalue weighted by Crippen LogP contribution is 2.28. The first-order valence-electron chi connectivity index (χ1n) is 11.5. The Labute approximate surface area is 197 Å². The number of benzene rings is 3. The Morgan fingerprint density at radius 1 is 0.971 bits per heavy atom. The molecule has 4 aromatic rings. The highest BCUT2D eigenvalue weighted by atomic mass is 19.1. The van der Waals surface area contributed by atoms with Gasteiger partial charge in [-0.2, -0.15) is 0 Å². The Morgan fingerprint density at radius 2 is 1.79 bits per heavy atom. The van der Waals surface area contributed by atoms with Crippen LogP contribution in [0.25, 0.3) is 11.4 Å². The number of carbonyl (C=O) groups excluding carboxylic acids is 1. The van der Waals surface area contributed by atoms with Crippen molar-refractivity contribution in [2.45, 2.75) is 38.8 Å². The number of carbonyl (C=O) groups is 1. The summed E-state index contributed by atoms with van der Waals surface area (Å²) in [7, 11) is 0. The van der Waals surface area contributed by atoms with Gasteiger partial charge in [-0.15, -0.1) is 10.2 Å². The lowest BCUT2D eigenvalue weighted by Gasteiger charge is -2.13. The Balaban J connectivity index is 1.37. The van der Waals surface area contributed by atoms with Crippen molar-refractivity contribution in [3.63, 3.8) is 0 Å². The summed E-state index contributed by atoms with van der Waals surface area (Å²) < 4.78 is 22.6. The lowest BCUT2D eigenvalue weighted by atomic mass is 10.1. The van der Waals surface area contributed by atoms with E-state index in [-0.39, 0.29) is 12.5 Å². The lowest BCUT2D eigenvalue weighted by Crippen LogP contribution is -2.15. The van der Waals surface area contributed by atoms with Gasteiger partial charge in [-0.05, 0) is 49.2 Å². The highest BCUT2D eigenvalue weighted by Gasteiger charge is 2.20. The van der Waals surface area contributed by atoms with E-state index in [1.807, 2.05) is 53.1 Å². The van der Waals surface area contributed by atoms with E-state index < -0.39 is 5.82 Å². The van der Waals surface area contributed by atoms with Gasteiger partial charge in [0.05, 0.1) is 5.56 Å². The second-order valence-electron chi connectivity index (χ2n) is 8.31. The maximum Gasteiger partial charge on any atom is 0.256 e. The van der Waals surface area contributed by atoms with Crippen molar-refractivity contribution in [2.75, 3.05) is 5.32 Å². The van der Waals surface area contributed by atoms with Crippen LogP contribution in [-0.2, 0) is 19.6 Å². The molecule has 0 radical (unpaired) electrons. The van der Waals surface area contributed by atoms with Gasteiger partial charge in [-0.25, -0.2) is 4.39 Å². The minimum atomic E-state index is -0.394. The molecular weight excluding hydrogens is 431 g/mol. The quantitative estimate of drug-likeness (QED) is 0.408. The number of para-hydroxylation sites is 1. The molecule has 0 fully saturated rings. The van der Waals surface area contributed by atoms with Crippen molar-refractivity contribution >= 4 is 11.6 Å². The van der Waals surface area contributed by atoms with Crippen LogP contribution in [-0.4, -0.2) is 20.7 Å². The molecule has 0 atom stereocenters. The van der Waals surface area contributed by atoms with Crippen molar-refractivity contribution in [1.82, 2.24) is 14.8 Å². The summed E-state index contributed by atoms with van der Waals surface area (Å²) in [6, 6.07) is 21.3. The number of fused-ring (bicyclic) bond motifs is 1. The molecule has 1 amide bonds. The number of nitrogens with zero attached hydrogens (tertiary/aromatic N) is 3. The maximum absolute atomic E-state index is 14.8. The Kier molecular flexibility index (Phi) is 6.33. The molecule has 0 spiro atoms. The first-order chi connectivity index (χ1) is 16.7. The van der Waals surface area contributed by atoms with Gasteiger partial charge in [-0.3, -0.25) is 4.79 Å². The molecule has 0 unspecified atom stereocenters. The van der Waals surface area contributed by atoms with Gasteiger partial charge in [-0.1, -0.05) is 42.8 Å². The number of aromatic nitrogens is 3. The normalized spacial score (nSPS) is 13.1. The van der Waals surface area contributed by atoms with E-state index >= 15 is 0 Å². The van der Waals surface area contributed by atoms with E-state index in [0.717, 1.165) is 49.4 Å². The Hall–Kier alpha value is -4.00. The molecule has 0 bridgehead atoms. The van der Waals surface area contributed by atoms with E-state index in [2.05, 4.69) is 15.5 Å². The first-order valence-corrected chi connectivity index (χ1v) is 11.5. The number of amides is 1. The predicted octanol–water partition coefficient (Wildman–Crippen LogP) is 5.64. The number of anilines is 1. The second kappa shape index (κ2) is 9.87. The summed E-state index contributed by atoms with van der Waals surface area (Å²) in [5.74, 6) is 1.43. The van der Waals surface area contributed by atoms with Gasteiger partial charge >= 0.3 is 0 Å². The smallest absolute Gasteiger partial charge is 0.256 e. The van der Waals surface area contributed by atoms with E-state index in [1.54, 1.807) is 18.2 Å². The summed E-state index contributed by atoms with van der Waals surface area (Å²) in [6.07, 6.45) is 4.03. The fourth-order valence-electron chi connectivity index (χ4n) is 4.20. The molecule has 1 aliphatic rings. The van der Waals surface area contributed by atoms with Crippen molar-refractivity contribution in [1.29, 1.82) is 0 Å². The van der Waals surface area contributed by atoms with Crippen LogP contribution in [0.5, 0.6) is 5.75 Å². The molecule has 0 saturated heterocycles. The number of rotatable bonds is 6. The number of ether oxygens (including phenoxy) is 1. The number of hydrogen-bond acceptors (Lipinski definition) is 4. The standard InChI is InChI=1S/C27H25FN4O2/c28-24-15-14-20(17-23(24)26-31-30-25-13-5-2-8-16-32(25)26)29-27(33)22-12-7-6-9-19(22)18-34-21-10-3-1-4-11-21/h1,3-4,6-7,9-12,14-15,17H,2,5,8,13,16,18H2,(H,29,33). The molecule has 1 aromatic heterocycles. The molecule has 1 aliphatic heterocycles. The number of aryl methyl sites for hydroxylation is 1. The molecule has 5 rings (SSSR count). The van der Waals surface area contributed by atoms with Gasteiger partial charge in [0.25, 0.3) is 5.91 Å². The fourth-order valence-corrected chi connectivity index (χ4v) is 4.20. The molecule has 2 heterocycles. The van der Waals surface area contributed by atoms with Gasteiger partial charge in [0.1, 0.15) is 24.0 Å². The minimum absolute atomic E-state index is 0.258. The number of halogens is 1. The van der Waals surface area contributed by atoms with Gasteiger partial charge in [0.2, 0.25) is 0 Å². The van der Waals surface area contributed by atoms with Gasteiger partial charge in [0, 0.05) is 29.8 Å². The summed E-state index contributed by atoms with van der Waals surface area (Å²) >= 11 is 0. The van der Waals surface area contributed by atoms with Gasteiger partial charge < -0.3 is 14.6 Å². The van der Waals surface area contributed by atoms with Crippen LogP contribution >= 0.6 is 0 Å². The lowest BCUT2D eigenvalue weighted by molar-refractivity contribution is 0.102. The van der Waals surface area contributed by atoms with Crippen molar-refractivity contribution in [2.24, 2.45) is 0 Å². The summed E-state index contributed by atoms with van der Waals surface area (Å²) in [5, 5.41) is 11.4.